The fraction of sp³-hybridized carbons (Fsp3) is 0.292. The lowest BCUT2D eigenvalue weighted by Crippen LogP contribution is -2.47. The zero-order chi connectivity index (χ0) is 23.3. The van der Waals surface area contributed by atoms with E-state index in [1.807, 2.05) is 29.2 Å². The number of aromatic amines is 1. The van der Waals surface area contributed by atoms with Crippen molar-refractivity contribution in [3.05, 3.63) is 58.0 Å². The van der Waals surface area contributed by atoms with Crippen LogP contribution in [0, 0.1) is 13.8 Å². The van der Waals surface area contributed by atoms with Crippen LogP contribution >= 0.6 is 15.9 Å². The van der Waals surface area contributed by atoms with Crippen molar-refractivity contribution in [2.75, 3.05) is 39.0 Å². The van der Waals surface area contributed by atoms with Gasteiger partial charge < -0.3 is 25.1 Å². The van der Waals surface area contributed by atoms with Crippen LogP contribution in [0.5, 0.6) is 0 Å². The Hall–Kier alpha value is -3.17. The summed E-state index contributed by atoms with van der Waals surface area (Å²) in [5.74, 6) is 0.818. The molecule has 0 saturated carbocycles. The monoisotopic (exact) mass is 507 g/mol. The first kappa shape index (κ1) is 21.7. The average Bonchev–Trinajstić information content (AvgIpc) is 3.37. The van der Waals surface area contributed by atoms with Gasteiger partial charge in [-0.05, 0) is 67.2 Å². The van der Waals surface area contributed by atoms with Crippen molar-refractivity contribution in [3.8, 4) is 17.1 Å². The third kappa shape index (κ3) is 3.81. The second-order valence-electron chi connectivity index (χ2n) is 8.57. The van der Waals surface area contributed by atoms with Crippen LogP contribution in [0.4, 0.5) is 5.69 Å². The van der Waals surface area contributed by atoms with Gasteiger partial charge in [-0.25, -0.2) is 9.97 Å². The Morgan fingerprint density at radius 2 is 1.82 bits per heavy atom. The molecular formula is C24H26BrN7O. The number of pyridine rings is 1. The number of halogens is 1. The van der Waals surface area contributed by atoms with Gasteiger partial charge in [-0.15, -0.1) is 0 Å². The summed E-state index contributed by atoms with van der Waals surface area (Å²) in [6.07, 6.45) is 1.66. The SMILES string of the molecule is Cc1cc(-c2nc3ncc(Br)c(N)c3[nH]2)c(C)n1-c1ccc(C(=O)N2CCN(C)CC2)cc1. The minimum atomic E-state index is 0.0924. The van der Waals surface area contributed by atoms with E-state index in [-0.39, 0.29) is 5.91 Å². The Balaban J connectivity index is 1.45. The number of H-pyrrole nitrogens is 1. The number of hydrogen-bond acceptors (Lipinski definition) is 5. The smallest absolute Gasteiger partial charge is 0.253 e. The molecule has 33 heavy (non-hydrogen) atoms. The third-order valence-electron chi connectivity index (χ3n) is 6.36. The van der Waals surface area contributed by atoms with E-state index in [4.69, 9.17) is 5.73 Å². The first-order valence-electron chi connectivity index (χ1n) is 10.9. The molecule has 170 valence electrons. The number of imidazole rings is 1. The Morgan fingerprint density at radius 3 is 2.52 bits per heavy atom. The Bertz CT molecular complexity index is 1350. The summed E-state index contributed by atoms with van der Waals surface area (Å²) >= 11 is 3.42. The molecule has 0 bridgehead atoms. The van der Waals surface area contributed by atoms with Gasteiger partial charge in [0.2, 0.25) is 0 Å². The van der Waals surface area contributed by atoms with Crippen molar-refractivity contribution in [1.29, 1.82) is 0 Å². The number of rotatable bonds is 3. The fourth-order valence-electron chi connectivity index (χ4n) is 4.42. The van der Waals surface area contributed by atoms with Gasteiger partial charge in [0.25, 0.3) is 5.91 Å². The Labute approximate surface area is 200 Å². The molecule has 9 heteroatoms. The summed E-state index contributed by atoms with van der Waals surface area (Å²) in [5.41, 5.74) is 12.9. The minimum Gasteiger partial charge on any atom is -0.396 e. The number of hydrogen-bond donors (Lipinski definition) is 2. The predicted octanol–water partition coefficient (Wildman–Crippen LogP) is 3.76. The predicted molar refractivity (Wildman–Crippen MR) is 134 cm³/mol. The van der Waals surface area contributed by atoms with Crippen molar-refractivity contribution in [2.45, 2.75) is 13.8 Å². The van der Waals surface area contributed by atoms with E-state index < -0.39 is 0 Å². The maximum Gasteiger partial charge on any atom is 0.253 e. The number of nitrogens with one attached hydrogen (secondary N) is 1. The number of benzene rings is 1. The van der Waals surface area contributed by atoms with Gasteiger partial charge in [-0.2, -0.15) is 0 Å². The van der Waals surface area contributed by atoms with Crippen LogP contribution < -0.4 is 5.73 Å². The summed E-state index contributed by atoms with van der Waals surface area (Å²) in [7, 11) is 2.09. The maximum absolute atomic E-state index is 12.9. The number of aromatic nitrogens is 4. The van der Waals surface area contributed by atoms with Crippen molar-refractivity contribution in [3.63, 3.8) is 0 Å². The molecule has 0 aliphatic carbocycles. The number of aryl methyl sites for hydroxylation is 1. The second kappa shape index (κ2) is 8.31. The molecule has 1 aromatic carbocycles. The molecule has 5 rings (SSSR count). The lowest BCUT2D eigenvalue weighted by Gasteiger charge is -2.32. The molecule has 0 unspecified atom stereocenters. The summed E-state index contributed by atoms with van der Waals surface area (Å²) < 4.78 is 2.90. The third-order valence-corrected chi connectivity index (χ3v) is 6.99. The highest BCUT2D eigenvalue weighted by Gasteiger charge is 2.21. The van der Waals surface area contributed by atoms with Gasteiger partial charge in [0.15, 0.2) is 5.65 Å². The zero-order valence-electron chi connectivity index (χ0n) is 18.9. The molecule has 3 N–H and O–H groups in total. The summed E-state index contributed by atoms with van der Waals surface area (Å²) in [4.78, 5) is 29.4. The van der Waals surface area contributed by atoms with Crippen LogP contribution in [0.15, 0.2) is 41.0 Å². The van der Waals surface area contributed by atoms with Gasteiger partial charge in [-0.3, -0.25) is 4.79 Å². The Morgan fingerprint density at radius 1 is 1.12 bits per heavy atom. The molecule has 1 saturated heterocycles. The molecular weight excluding hydrogens is 482 g/mol. The molecule has 4 heterocycles. The normalized spacial score (nSPS) is 14.8. The molecule has 1 amide bonds. The first-order valence-corrected chi connectivity index (χ1v) is 11.7. The summed E-state index contributed by atoms with van der Waals surface area (Å²) in [6.45, 7) is 7.48. The number of nitrogen functional groups attached to an aromatic ring is 1. The molecule has 4 aromatic rings. The number of nitrogens with zero attached hydrogens (tertiary/aromatic N) is 5. The topological polar surface area (TPSA) is 96.1 Å². The molecule has 0 atom stereocenters. The molecule has 0 radical (unpaired) electrons. The summed E-state index contributed by atoms with van der Waals surface area (Å²) in [6, 6.07) is 9.93. The zero-order valence-corrected chi connectivity index (χ0v) is 20.5. The van der Waals surface area contributed by atoms with E-state index in [0.29, 0.717) is 11.3 Å². The van der Waals surface area contributed by atoms with Crippen molar-refractivity contribution in [1.82, 2.24) is 29.3 Å². The minimum absolute atomic E-state index is 0.0924. The number of anilines is 1. The van der Waals surface area contributed by atoms with E-state index in [0.717, 1.165) is 70.2 Å². The lowest BCUT2D eigenvalue weighted by atomic mass is 10.1. The number of carbonyl (C=O) groups is 1. The summed E-state index contributed by atoms with van der Waals surface area (Å²) in [5, 5.41) is 0. The van der Waals surface area contributed by atoms with Crippen molar-refractivity contribution < 1.29 is 4.79 Å². The fourth-order valence-corrected chi connectivity index (χ4v) is 4.73. The van der Waals surface area contributed by atoms with Crippen molar-refractivity contribution >= 4 is 38.7 Å². The van der Waals surface area contributed by atoms with Gasteiger partial charge in [0.05, 0.1) is 10.2 Å². The van der Waals surface area contributed by atoms with E-state index in [2.05, 4.69) is 67.3 Å². The van der Waals surface area contributed by atoms with Crippen LogP contribution in [-0.4, -0.2) is 68.5 Å². The van der Waals surface area contributed by atoms with Crippen LogP contribution in [0.3, 0.4) is 0 Å². The van der Waals surface area contributed by atoms with Crippen LogP contribution in [-0.2, 0) is 0 Å². The van der Waals surface area contributed by atoms with Gasteiger partial charge in [0.1, 0.15) is 11.3 Å². The number of fused-ring (bicyclic) bond motifs is 1. The standard InChI is InChI=1S/C24H26BrN7O/c1-14-12-18(22-28-21-20(26)19(25)13-27-23(21)29-22)15(2)32(14)17-6-4-16(5-7-17)24(33)31-10-8-30(3)9-11-31/h4-7,12-13H,8-11H2,1-3H3,(H3,26,27,28,29). The number of amides is 1. The molecule has 1 aliphatic heterocycles. The van der Waals surface area contributed by atoms with Gasteiger partial charge in [0, 0.05) is 60.6 Å². The van der Waals surface area contributed by atoms with Crippen LogP contribution in [0.2, 0.25) is 0 Å². The Kier molecular flexibility index (Phi) is 5.46. The van der Waals surface area contributed by atoms with Crippen LogP contribution in [0.25, 0.3) is 28.2 Å². The largest absolute Gasteiger partial charge is 0.396 e. The highest BCUT2D eigenvalue weighted by atomic mass is 79.9. The van der Waals surface area contributed by atoms with E-state index in [1.54, 1.807) is 6.20 Å². The van der Waals surface area contributed by atoms with Crippen LogP contribution in [0.1, 0.15) is 21.7 Å². The molecule has 8 nitrogen and oxygen atoms in total. The van der Waals surface area contributed by atoms with Gasteiger partial charge in [-0.1, -0.05) is 0 Å². The number of carbonyl (C=O) groups excluding carboxylic acids is 1. The highest BCUT2D eigenvalue weighted by molar-refractivity contribution is 9.10. The number of piperazine rings is 1. The second-order valence-corrected chi connectivity index (χ2v) is 9.42. The average molecular weight is 508 g/mol. The quantitative estimate of drug-likeness (QED) is 0.440. The lowest BCUT2D eigenvalue weighted by molar-refractivity contribution is 0.0664. The first-order chi connectivity index (χ1) is 15.8. The molecule has 0 spiro atoms. The van der Waals surface area contributed by atoms with Gasteiger partial charge >= 0.3 is 0 Å². The van der Waals surface area contributed by atoms with E-state index >= 15 is 0 Å². The number of nitrogens with two attached hydrogens (primary N) is 1. The highest BCUT2D eigenvalue weighted by Crippen LogP contribution is 2.32. The molecule has 1 fully saturated rings. The van der Waals surface area contributed by atoms with E-state index in [9.17, 15) is 4.79 Å². The number of likely N-dealkylation sites (N-methyl/N-ethyl adjacent to an activating group) is 1. The van der Waals surface area contributed by atoms with E-state index in [1.165, 1.54) is 0 Å². The molecule has 1 aliphatic rings. The molecule has 3 aromatic heterocycles. The van der Waals surface area contributed by atoms with Crippen molar-refractivity contribution in [2.24, 2.45) is 0 Å². The maximum atomic E-state index is 12.9.